The summed E-state index contributed by atoms with van der Waals surface area (Å²) in [6.45, 7) is 1.71. The molecule has 0 aliphatic carbocycles. The zero-order chi connectivity index (χ0) is 12.3. The molecule has 0 saturated carbocycles. The van der Waals surface area contributed by atoms with Crippen molar-refractivity contribution in [2.24, 2.45) is 0 Å². The van der Waals surface area contributed by atoms with Gasteiger partial charge in [-0.15, -0.1) is 0 Å². The first-order valence-corrected chi connectivity index (χ1v) is 5.60. The fraction of sp³-hybridized carbons (Fsp3) is 0.500. The summed E-state index contributed by atoms with van der Waals surface area (Å²) in [5.41, 5.74) is 12.5. The van der Waals surface area contributed by atoms with Crippen molar-refractivity contribution in [2.75, 3.05) is 17.2 Å². The SMILES string of the molecule is Cc1nc(N)c(N)cc1C(O)C(O)CCS. The molecule has 6 N–H and O–H groups in total. The fourth-order valence-corrected chi connectivity index (χ4v) is 1.72. The Bertz CT molecular complexity index is 373. The van der Waals surface area contributed by atoms with Gasteiger partial charge in [0.15, 0.2) is 0 Å². The second-order valence-corrected chi connectivity index (χ2v) is 4.11. The Labute approximate surface area is 99.9 Å². The van der Waals surface area contributed by atoms with Crippen molar-refractivity contribution in [3.63, 3.8) is 0 Å². The average molecular weight is 243 g/mol. The maximum atomic E-state index is 9.90. The van der Waals surface area contributed by atoms with Crippen molar-refractivity contribution in [3.8, 4) is 0 Å². The Kier molecular flexibility index (Phi) is 4.40. The molecule has 16 heavy (non-hydrogen) atoms. The molecular weight excluding hydrogens is 226 g/mol. The highest BCUT2D eigenvalue weighted by molar-refractivity contribution is 7.80. The van der Waals surface area contributed by atoms with Crippen LogP contribution in [0.25, 0.3) is 0 Å². The first-order valence-electron chi connectivity index (χ1n) is 4.96. The van der Waals surface area contributed by atoms with E-state index in [1.54, 1.807) is 13.0 Å². The summed E-state index contributed by atoms with van der Waals surface area (Å²) in [6, 6.07) is 1.55. The van der Waals surface area contributed by atoms with Crippen molar-refractivity contribution >= 4 is 24.1 Å². The largest absolute Gasteiger partial charge is 0.396 e. The Hall–Kier alpha value is -0.980. The maximum absolute atomic E-state index is 9.90. The number of nitrogen functional groups attached to an aromatic ring is 2. The van der Waals surface area contributed by atoms with E-state index in [1.165, 1.54) is 0 Å². The van der Waals surface area contributed by atoms with E-state index >= 15 is 0 Å². The molecule has 90 valence electrons. The average Bonchev–Trinajstić information content (AvgIpc) is 2.23. The third-order valence-electron chi connectivity index (χ3n) is 2.42. The van der Waals surface area contributed by atoms with Gasteiger partial charge >= 0.3 is 0 Å². The Morgan fingerprint density at radius 1 is 1.44 bits per heavy atom. The van der Waals surface area contributed by atoms with Crippen LogP contribution in [0.2, 0.25) is 0 Å². The molecule has 2 unspecified atom stereocenters. The molecule has 1 aromatic rings. The van der Waals surface area contributed by atoms with Gasteiger partial charge in [0.05, 0.1) is 11.8 Å². The number of hydrogen-bond donors (Lipinski definition) is 5. The third kappa shape index (κ3) is 2.78. The predicted molar refractivity (Wildman–Crippen MR) is 67.2 cm³/mol. The van der Waals surface area contributed by atoms with Gasteiger partial charge in [-0.1, -0.05) is 0 Å². The lowest BCUT2D eigenvalue weighted by Gasteiger charge is -2.19. The van der Waals surface area contributed by atoms with Crippen LogP contribution in [0.5, 0.6) is 0 Å². The minimum absolute atomic E-state index is 0.233. The van der Waals surface area contributed by atoms with E-state index in [0.29, 0.717) is 29.1 Å². The summed E-state index contributed by atoms with van der Waals surface area (Å²) in [4.78, 5) is 4.00. The Morgan fingerprint density at radius 2 is 2.06 bits per heavy atom. The van der Waals surface area contributed by atoms with E-state index in [1.807, 2.05) is 0 Å². The number of aromatic nitrogens is 1. The van der Waals surface area contributed by atoms with Crippen LogP contribution >= 0.6 is 12.6 Å². The van der Waals surface area contributed by atoms with Crippen LogP contribution in [0, 0.1) is 6.92 Å². The fourth-order valence-electron chi connectivity index (χ4n) is 1.45. The van der Waals surface area contributed by atoms with E-state index in [0.717, 1.165) is 0 Å². The van der Waals surface area contributed by atoms with Crippen molar-refractivity contribution in [1.29, 1.82) is 0 Å². The van der Waals surface area contributed by atoms with E-state index in [9.17, 15) is 10.2 Å². The molecule has 0 saturated heterocycles. The van der Waals surface area contributed by atoms with E-state index < -0.39 is 12.2 Å². The molecule has 0 aliphatic heterocycles. The number of aliphatic hydroxyl groups is 2. The molecule has 0 spiro atoms. The van der Waals surface area contributed by atoms with Gasteiger partial charge in [-0.05, 0) is 25.2 Å². The number of aryl methyl sites for hydroxylation is 1. The van der Waals surface area contributed by atoms with Crippen molar-refractivity contribution in [2.45, 2.75) is 25.6 Å². The second-order valence-electron chi connectivity index (χ2n) is 3.66. The summed E-state index contributed by atoms with van der Waals surface area (Å²) >= 11 is 4.00. The Morgan fingerprint density at radius 3 is 2.62 bits per heavy atom. The molecule has 0 radical (unpaired) electrons. The van der Waals surface area contributed by atoms with Crippen LogP contribution in [0.1, 0.15) is 23.8 Å². The van der Waals surface area contributed by atoms with Gasteiger partial charge < -0.3 is 21.7 Å². The van der Waals surface area contributed by atoms with Crippen LogP contribution < -0.4 is 11.5 Å². The normalized spacial score (nSPS) is 14.8. The van der Waals surface area contributed by atoms with Crippen LogP contribution in [0.15, 0.2) is 6.07 Å². The molecule has 0 amide bonds. The number of nitrogens with zero attached hydrogens (tertiary/aromatic N) is 1. The highest BCUT2D eigenvalue weighted by Crippen LogP contribution is 2.25. The molecular formula is C10H17N3O2S. The zero-order valence-corrected chi connectivity index (χ0v) is 9.98. The van der Waals surface area contributed by atoms with E-state index in [2.05, 4.69) is 17.6 Å². The molecule has 2 atom stereocenters. The minimum Gasteiger partial charge on any atom is -0.396 e. The lowest BCUT2D eigenvalue weighted by Crippen LogP contribution is -2.20. The van der Waals surface area contributed by atoms with Gasteiger partial charge in [-0.25, -0.2) is 4.98 Å². The first-order chi connectivity index (χ1) is 7.47. The van der Waals surface area contributed by atoms with Crippen molar-refractivity contribution in [1.82, 2.24) is 4.98 Å². The summed E-state index contributed by atoms with van der Waals surface area (Å²) in [6.07, 6.45) is -1.49. The standard InChI is InChI=1S/C10H17N3O2S/c1-5-6(4-7(11)10(12)13-5)9(15)8(14)2-3-16/h4,8-9,14-16H,2-3,11H2,1H3,(H2,12,13). The maximum Gasteiger partial charge on any atom is 0.146 e. The van der Waals surface area contributed by atoms with Crippen LogP contribution in [-0.4, -0.2) is 27.1 Å². The summed E-state index contributed by atoms with van der Waals surface area (Å²) in [7, 11) is 0. The summed E-state index contributed by atoms with van der Waals surface area (Å²) in [5, 5.41) is 19.6. The molecule has 6 heteroatoms. The quantitative estimate of drug-likeness (QED) is 0.488. The number of hydrogen-bond acceptors (Lipinski definition) is 6. The Balaban J connectivity index is 2.99. The molecule has 0 aliphatic rings. The lowest BCUT2D eigenvalue weighted by molar-refractivity contribution is 0.0167. The first kappa shape index (κ1) is 13.1. The summed E-state index contributed by atoms with van der Waals surface area (Å²) in [5.74, 6) is 0.729. The van der Waals surface area contributed by atoms with Gasteiger partial charge in [0.1, 0.15) is 11.9 Å². The molecule has 1 heterocycles. The summed E-state index contributed by atoms with van der Waals surface area (Å²) < 4.78 is 0. The van der Waals surface area contributed by atoms with Gasteiger partial charge in [0.25, 0.3) is 0 Å². The molecule has 0 fully saturated rings. The molecule has 1 aromatic heterocycles. The van der Waals surface area contributed by atoms with Crippen molar-refractivity contribution in [3.05, 3.63) is 17.3 Å². The van der Waals surface area contributed by atoms with E-state index in [-0.39, 0.29) is 5.82 Å². The van der Waals surface area contributed by atoms with Crippen LogP contribution in [0.4, 0.5) is 11.5 Å². The van der Waals surface area contributed by atoms with Crippen LogP contribution in [0.3, 0.4) is 0 Å². The molecule has 5 nitrogen and oxygen atoms in total. The topological polar surface area (TPSA) is 105 Å². The molecule has 0 aromatic carbocycles. The molecule has 1 rings (SSSR count). The highest BCUT2D eigenvalue weighted by Gasteiger charge is 2.20. The minimum atomic E-state index is -1.01. The number of pyridine rings is 1. The van der Waals surface area contributed by atoms with Gasteiger partial charge in [0, 0.05) is 11.3 Å². The number of rotatable bonds is 4. The number of anilines is 2. The smallest absolute Gasteiger partial charge is 0.146 e. The number of thiol groups is 1. The highest BCUT2D eigenvalue weighted by atomic mass is 32.1. The monoisotopic (exact) mass is 243 g/mol. The lowest BCUT2D eigenvalue weighted by atomic mass is 10.0. The number of nitrogens with two attached hydrogens (primary N) is 2. The predicted octanol–water partition coefficient (Wildman–Crippen LogP) is 0.269. The number of aliphatic hydroxyl groups excluding tert-OH is 2. The van der Waals surface area contributed by atoms with Gasteiger partial charge in [0.2, 0.25) is 0 Å². The van der Waals surface area contributed by atoms with E-state index in [4.69, 9.17) is 11.5 Å². The molecule has 0 bridgehead atoms. The van der Waals surface area contributed by atoms with Gasteiger partial charge in [-0.3, -0.25) is 0 Å². The zero-order valence-electron chi connectivity index (χ0n) is 9.09. The van der Waals surface area contributed by atoms with Crippen molar-refractivity contribution < 1.29 is 10.2 Å². The van der Waals surface area contributed by atoms with Crippen LogP contribution in [-0.2, 0) is 0 Å². The third-order valence-corrected chi connectivity index (χ3v) is 2.68. The second kappa shape index (κ2) is 5.38. The van der Waals surface area contributed by atoms with Gasteiger partial charge in [-0.2, -0.15) is 12.6 Å².